The Kier molecular flexibility index (Phi) is 6.02. The molecule has 0 aromatic heterocycles. The zero-order valence-electron chi connectivity index (χ0n) is 12.9. The summed E-state index contributed by atoms with van der Waals surface area (Å²) >= 11 is 0. The van der Waals surface area contributed by atoms with E-state index in [-0.39, 0.29) is 5.54 Å². The molecule has 2 N–H and O–H groups in total. The van der Waals surface area contributed by atoms with E-state index in [1.54, 1.807) is 12.1 Å². The van der Waals surface area contributed by atoms with E-state index in [1.165, 1.54) is 0 Å². The van der Waals surface area contributed by atoms with Gasteiger partial charge >= 0.3 is 0 Å². The van der Waals surface area contributed by atoms with Crippen LogP contribution in [-0.4, -0.2) is 20.5 Å². The average molecular weight is 298 g/mol. The van der Waals surface area contributed by atoms with Gasteiger partial charge in [-0.15, -0.1) is 0 Å². The summed E-state index contributed by atoms with van der Waals surface area (Å²) in [4.78, 5) is 0.311. The lowest BCUT2D eigenvalue weighted by molar-refractivity contribution is 0.478. The molecule has 0 heterocycles. The molecule has 0 fully saturated rings. The Morgan fingerprint density at radius 2 is 1.60 bits per heavy atom. The standard InChI is InChI=1S/C15H26N2O2S/c1-5-12-16-20(18,19)14-10-8-13(9-11-14)17-15(4,6-2)7-3/h8-11,16-17H,5-7,12H2,1-4H3. The predicted octanol–water partition coefficient (Wildman–Crippen LogP) is 3.37. The number of hydrogen-bond donors (Lipinski definition) is 2. The van der Waals surface area contributed by atoms with E-state index in [0.29, 0.717) is 11.4 Å². The summed E-state index contributed by atoms with van der Waals surface area (Å²) < 4.78 is 26.5. The van der Waals surface area contributed by atoms with Crippen LogP contribution >= 0.6 is 0 Å². The molecule has 0 saturated carbocycles. The fraction of sp³-hybridized carbons (Fsp3) is 0.600. The summed E-state index contributed by atoms with van der Waals surface area (Å²) in [5.74, 6) is 0. The zero-order valence-corrected chi connectivity index (χ0v) is 13.7. The average Bonchev–Trinajstić information content (AvgIpc) is 2.45. The van der Waals surface area contributed by atoms with Crippen molar-refractivity contribution in [1.82, 2.24) is 4.72 Å². The molecule has 0 aliphatic rings. The molecule has 0 bridgehead atoms. The highest BCUT2D eigenvalue weighted by atomic mass is 32.2. The van der Waals surface area contributed by atoms with E-state index >= 15 is 0 Å². The molecule has 0 saturated heterocycles. The molecule has 1 rings (SSSR count). The summed E-state index contributed by atoms with van der Waals surface area (Å²) in [6, 6.07) is 6.94. The number of benzene rings is 1. The third-order valence-corrected chi connectivity index (χ3v) is 5.19. The third-order valence-electron chi connectivity index (χ3n) is 3.71. The third kappa shape index (κ3) is 4.49. The molecular formula is C15H26N2O2S. The highest BCUT2D eigenvalue weighted by molar-refractivity contribution is 7.89. The molecule has 0 aliphatic carbocycles. The topological polar surface area (TPSA) is 58.2 Å². The first-order valence-corrected chi connectivity index (χ1v) is 8.73. The van der Waals surface area contributed by atoms with Crippen molar-refractivity contribution in [2.45, 2.75) is 57.4 Å². The monoisotopic (exact) mass is 298 g/mol. The Labute approximate surface area is 123 Å². The van der Waals surface area contributed by atoms with Crippen LogP contribution in [0, 0.1) is 0 Å². The second kappa shape index (κ2) is 7.09. The van der Waals surface area contributed by atoms with Gasteiger partial charge in [-0.05, 0) is 50.5 Å². The number of anilines is 1. The fourth-order valence-electron chi connectivity index (χ4n) is 1.81. The van der Waals surface area contributed by atoms with Crippen molar-refractivity contribution in [2.75, 3.05) is 11.9 Å². The first-order valence-electron chi connectivity index (χ1n) is 7.24. The van der Waals surface area contributed by atoms with Gasteiger partial charge in [-0.25, -0.2) is 13.1 Å². The van der Waals surface area contributed by atoms with Crippen LogP contribution in [0.25, 0.3) is 0 Å². The second-order valence-corrected chi connectivity index (χ2v) is 7.08. The van der Waals surface area contributed by atoms with Crippen LogP contribution in [0.15, 0.2) is 29.2 Å². The summed E-state index contributed by atoms with van der Waals surface area (Å²) in [6.07, 6.45) is 2.81. The highest BCUT2D eigenvalue weighted by Gasteiger charge is 2.19. The Balaban J connectivity index is 2.84. The van der Waals surface area contributed by atoms with Gasteiger partial charge in [-0.1, -0.05) is 20.8 Å². The lowest BCUT2D eigenvalue weighted by Crippen LogP contribution is -2.32. The minimum absolute atomic E-state index is 0.0425. The number of rotatable bonds is 8. The largest absolute Gasteiger partial charge is 0.380 e. The van der Waals surface area contributed by atoms with Crippen molar-refractivity contribution < 1.29 is 8.42 Å². The van der Waals surface area contributed by atoms with Crippen LogP contribution in [0.2, 0.25) is 0 Å². The van der Waals surface area contributed by atoms with Gasteiger partial charge in [0, 0.05) is 17.8 Å². The molecule has 4 nitrogen and oxygen atoms in total. The van der Waals surface area contributed by atoms with E-state index in [9.17, 15) is 8.42 Å². The van der Waals surface area contributed by atoms with Crippen LogP contribution in [0.4, 0.5) is 5.69 Å². The zero-order chi connectivity index (χ0) is 15.2. The van der Waals surface area contributed by atoms with Gasteiger partial charge in [0.2, 0.25) is 10.0 Å². The minimum atomic E-state index is -3.37. The molecule has 0 spiro atoms. The number of sulfonamides is 1. The van der Waals surface area contributed by atoms with E-state index in [2.05, 4.69) is 30.8 Å². The first-order chi connectivity index (χ1) is 9.37. The van der Waals surface area contributed by atoms with Crippen molar-refractivity contribution >= 4 is 15.7 Å². The molecule has 20 heavy (non-hydrogen) atoms. The van der Waals surface area contributed by atoms with Crippen LogP contribution < -0.4 is 10.0 Å². The van der Waals surface area contributed by atoms with Crippen LogP contribution in [-0.2, 0) is 10.0 Å². The van der Waals surface area contributed by atoms with Crippen LogP contribution in [0.5, 0.6) is 0 Å². The SMILES string of the molecule is CCCNS(=O)(=O)c1ccc(NC(C)(CC)CC)cc1. The second-order valence-electron chi connectivity index (χ2n) is 5.31. The van der Waals surface area contributed by atoms with Gasteiger partial charge in [-0.2, -0.15) is 0 Å². The van der Waals surface area contributed by atoms with E-state index < -0.39 is 10.0 Å². The Bertz CT molecular complexity index is 505. The van der Waals surface area contributed by atoms with Gasteiger partial charge in [0.1, 0.15) is 0 Å². The van der Waals surface area contributed by atoms with Crippen molar-refractivity contribution in [1.29, 1.82) is 0 Å². The fourth-order valence-corrected chi connectivity index (χ4v) is 2.95. The first kappa shape index (κ1) is 17.0. The molecule has 0 aliphatic heterocycles. The quantitative estimate of drug-likeness (QED) is 0.773. The normalized spacial score (nSPS) is 12.4. The predicted molar refractivity (Wildman–Crippen MR) is 84.5 cm³/mol. The molecule has 5 heteroatoms. The minimum Gasteiger partial charge on any atom is -0.380 e. The Morgan fingerprint density at radius 1 is 1.05 bits per heavy atom. The maximum Gasteiger partial charge on any atom is 0.240 e. The summed E-state index contributed by atoms with van der Waals surface area (Å²) in [7, 11) is -3.37. The van der Waals surface area contributed by atoms with Crippen molar-refractivity contribution in [3.63, 3.8) is 0 Å². The van der Waals surface area contributed by atoms with Crippen LogP contribution in [0.3, 0.4) is 0 Å². The molecular weight excluding hydrogens is 272 g/mol. The molecule has 1 aromatic rings. The van der Waals surface area contributed by atoms with E-state index in [1.807, 2.05) is 19.1 Å². The summed E-state index contributed by atoms with van der Waals surface area (Å²) in [5, 5.41) is 3.46. The highest BCUT2D eigenvalue weighted by Crippen LogP contribution is 2.22. The van der Waals surface area contributed by atoms with Gasteiger partial charge in [0.05, 0.1) is 4.90 Å². The maximum absolute atomic E-state index is 12.0. The Hall–Kier alpha value is -1.07. The van der Waals surface area contributed by atoms with Crippen LogP contribution in [0.1, 0.15) is 47.0 Å². The van der Waals surface area contributed by atoms with E-state index in [0.717, 1.165) is 24.9 Å². The molecule has 0 radical (unpaired) electrons. The smallest absolute Gasteiger partial charge is 0.240 e. The van der Waals surface area contributed by atoms with Gasteiger partial charge in [0.25, 0.3) is 0 Å². The van der Waals surface area contributed by atoms with Crippen molar-refractivity contribution in [2.24, 2.45) is 0 Å². The van der Waals surface area contributed by atoms with E-state index in [4.69, 9.17) is 0 Å². The summed E-state index contributed by atoms with van der Waals surface area (Å²) in [5.41, 5.74) is 0.992. The Morgan fingerprint density at radius 3 is 2.05 bits per heavy atom. The summed E-state index contributed by atoms with van der Waals surface area (Å²) in [6.45, 7) is 8.85. The number of hydrogen-bond acceptors (Lipinski definition) is 3. The van der Waals surface area contributed by atoms with Crippen molar-refractivity contribution in [3.8, 4) is 0 Å². The molecule has 0 amide bonds. The lowest BCUT2D eigenvalue weighted by atomic mass is 9.95. The molecule has 0 unspecified atom stereocenters. The van der Waals surface area contributed by atoms with Gasteiger partial charge in [0.15, 0.2) is 0 Å². The van der Waals surface area contributed by atoms with Crippen molar-refractivity contribution in [3.05, 3.63) is 24.3 Å². The molecule has 0 atom stereocenters. The lowest BCUT2D eigenvalue weighted by Gasteiger charge is -2.29. The molecule has 114 valence electrons. The molecule has 1 aromatic carbocycles. The van der Waals surface area contributed by atoms with Gasteiger partial charge < -0.3 is 5.32 Å². The maximum atomic E-state index is 12.0. The van der Waals surface area contributed by atoms with Gasteiger partial charge in [-0.3, -0.25) is 0 Å². The number of nitrogens with one attached hydrogen (secondary N) is 2.